The molecule has 2 nitrogen and oxygen atoms in total. The van der Waals surface area contributed by atoms with Crippen molar-refractivity contribution in [2.75, 3.05) is 12.3 Å². The van der Waals surface area contributed by atoms with Crippen LogP contribution in [0.25, 0.3) is 0 Å². The second-order valence-electron chi connectivity index (χ2n) is 3.51. The van der Waals surface area contributed by atoms with E-state index in [0.717, 1.165) is 0 Å². The Bertz CT molecular complexity index is 349. The quantitative estimate of drug-likeness (QED) is 0.795. The molecule has 3 heteroatoms. The molecule has 0 atom stereocenters. The first kappa shape index (κ1) is 12.1. The standard InChI is InChI=1S/C12H17NOS/c1-4-13-12(14)8-15-11-7-9(2)5-6-10(11)3/h5-7H,4,8H2,1-3H3,(H,13,14). The van der Waals surface area contributed by atoms with Crippen LogP contribution in [0.15, 0.2) is 23.1 Å². The van der Waals surface area contributed by atoms with Gasteiger partial charge in [-0.25, -0.2) is 0 Å². The van der Waals surface area contributed by atoms with Crippen molar-refractivity contribution < 1.29 is 4.79 Å². The Hall–Kier alpha value is -0.960. The van der Waals surface area contributed by atoms with Crippen LogP contribution in [-0.4, -0.2) is 18.2 Å². The molecular formula is C12H17NOS. The van der Waals surface area contributed by atoms with Crippen LogP contribution in [0.1, 0.15) is 18.1 Å². The molecule has 0 aliphatic carbocycles. The van der Waals surface area contributed by atoms with Crippen molar-refractivity contribution in [1.82, 2.24) is 5.32 Å². The molecule has 0 aliphatic rings. The van der Waals surface area contributed by atoms with E-state index in [-0.39, 0.29) is 5.91 Å². The molecule has 82 valence electrons. The van der Waals surface area contributed by atoms with E-state index in [9.17, 15) is 4.79 Å². The van der Waals surface area contributed by atoms with Gasteiger partial charge < -0.3 is 5.32 Å². The summed E-state index contributed by atoms with van der Waals surface area (Å²) in [5.41, 5.74) is 2.47. The third-order valence-corrected chi connectivity index (χ3v) is 3.23. The number of benzene rings is 1. The van der Waals surface area contributed by atoms with Crippen LogP contribution >= 0.6 is 11.8 Å². The monoisotopic (exact) mass is 223 g/mol. The Kier molecular flexibility index (Phi) is 4.69. The third kappa shape index (κ3) is 3.96. The molecule has 0 saturated carbocycles. The third-order valence-electron chi connectivity index (χ3n) is 2.08. The van der Waals surface area contributed by atoms with Gasteiger partial charge in [-0.15, -0.1) is 11.8 Å². The molecule has 1 rings (SSSR count). The lowest BCUT2D eigenvalue weighted by molar-refractivity contribution is -0.118. The van der Waals surface area contributed by atoms with Crippen molar-refractivity contribution in [2.45, 2.75) is 25.7 Å². The lowest BCUT2D eigenvalue weighted by Gasteiger charge is -2.06. The van der Waals surface area contributed by atoms with E-state index in [1.165, 1.54) is 16.0 Å². The van der Waals surface area contributed by atoms with Gasteiger partial charge in [0.1, 0.15) is 0 Å². The van der Waals surface area contributed by atoms with E-state index in [0.29, 0.717) is 12.3 Å². The number of nitrogens with one attached hydrogen (secondary N) is 1. The van der Waals surface area contributed by atoms with E-state index < -0.39 is 0 Å². The number of carbonyl (C=O) groups is 1. The average molecular weight is 223 g/mol. The van der Waals surface area contributed by atoms with Gasteiger partial charge in [-0.2, -0.15) is 0 Å². The maximum Gasteiger partial charge on any atom is 0.230 e. The Balaban J connectivity index is 2.57. The minimum Gasteiger partial charge on any atom is -0.356 e. The molecule has 0 fully saturated rings. The summed E-state index contributed by atoms with van der Waals surface area (Å²) in [7, 11) is 0. The fourth-order valence-corrected chi connectivity index (χ4v) is 2.21. The molecule has 1 amide bonds. The Morgan fingerprint density at radius 3 is 2.80 bits per heavy atom. The highest BCUT2D eigenvalue weighted by Crippen LogP contribution is 2.23. The molecule has 0 aliphatic heterocycles. The van der Waals surface area contributed by atoms with Gasteiger partial charge in [0.25, 0.3) is 0 Å². The summed E-state index contributed by atoms with van der Waals surface area (Å²) in [5.74, 6) is 0.599. The summed E-state index contributed by atoms with van der Waals surface area (Å²) in [6.45, 7) is 6.77. The summed E-state index contributed by atoms with van der Waals surface area (Å²) in [6, 6.07) is 6.31. The Morgan fingerprint density at radius 1 is 1.40 bits per heavy atom. The van der Waals surface area contributed by atoms with Gasteiger partial charge in [0.15, 0.2) is 0 Å². The second kappa shape index (κ2) is 5.81. The van der Waals surface area contributed by atoms with Crippen LogP contribution < -0.4 is 5.32 Å². The molecule has 0 unspecified atom stereocenters. The van der Waals surface area contributed by atoms with Gasteiger partial charge in [0.2, 0.25) is 5.91 Å². The van der Waals surface area contributed by atoms with Crippen LogP contribution in [0.5, 0.6) is 0 Å². The molecule has 0 radical (unpaired) electrons. The molecule has 0 aromatic heterocycles. The lowest BCUT2D eigenvalue weighted by atomic mass is 10.2. The minimum atomic E-state index is 0.100. The van der Waals surface area contributed by atoms with Crippen LogP contribution in [-0.2, 0) is 4.79 Å². The first-order valence-corrected chi connectivity index (χ1v) is 6.08. The highest BCUT2D eigenvalue weighted by Gasteiger charge is 2.03. The second-order valence-corrected chi connectivity index (χ2v) is 4.53. The molecule has 0 heterocycles. The number of amides is 1. The SMILES string of the molecule is CCNC(=O)CSc1cc(C)ccc1C. The summed E-state index contributed by atoms with van der Waals surface area (Å²) in [5, 5.41) is 2.79. The maximum atomic E-state index is 11.3. The number of rotatable bonds is 4. The number of carbonyl (C=O) groups excluding carboxylic acids is 1. The van der Waals surface area contributed by atoms with E-state index in [4.69, 9.17) is 0 Å². The first-order valence-electron chi connectivity index (χ1n) is 5.10. The van der Waals surface area contributed by atoms with E-state index in [1.807, 2.05) is 6.92 Å². The normalized spacial score (nSPS) is 10.1. The van der Waals surface area contributed by atoms with Gasteiger partial charge in [-0.05, 0) is 32.4 Å². The molecular weight excluding hydrogens is 206 g/mol. The largest absolute Gasteiger partial charge is 0.356 e. The van der Waals surface area contributed by atoms with Crippen molar-refractivity contribution in [3.63, 3.8) is 0 Å². The predicted octanol–water partition coefficient (Wildman–Crippen LogP) is 2.53. The van der Waals surface area contributed by atoms with Gasteiger partial charge in [-0.3, -0.25) is 4.79 Å². The maximum absolute atomic E-state index is 11.3. The number of aryl methyl sites for hydroxylation is 2. The van der Waals surface area contributed by atoms with Gasteiger partial charge in [-0.1, -0.05) is 17.7 Å². The molecule has 1 aromatic rings. The zero-order chi connectivity index (χ0) is 11.3. The minimum absolute atomic E-state index is 0.100. The Labute approximate surface area is 95.5 Å². The smallest absolute Gasteiger partial charge is 0.230 e. The van der Waals surface area contributed by atoms with E-state index in [1.54, 1.807) is 11.8 Å². The van der Waals surface area contributed by atoms with Crippen molar-refractivity contribution in [3.05, 3.63) is 29.3 Å². The predicted molar refractivity (Wildman–Crippen MR) is 65.3 cm³/mol. The summed E-state index contributed by atoms with van der Waals surface area (Å²) in [4.78, 5) is 12.5. The van der Waals surface area contributed by atoms with E-state index in [2.05, 4.69) is 37.4 Å². The van der Waals surface area contributed by atoms with Crippen molar-refractivity contribution in [3.8, 4) is 0 Å². The van der Waals surface area contributed by atoms with Gasteiger partial charge in [0.05, 0.1) is 5.75 Å². The topological polar surface area (TPSA) is 29.1 Å². The van der Waals surface area contributed by atoms with Crippen molar-refractivity contribution in [2.24, 2.45) is 0 Å². The van der Waals surface area contributed by atoms with Gasteiger partial charge >= 0.3 is 0 Å². The molecule has 1 aromatic carbocycles. The van der Waals surface area contributed by atoms with E-state index >= 15 is 0 Å². The molecule has 0 spiro atoms. The summed E-state index contributed by atoms with van der Waals surface area (Å²) in [6.07, 6.45) is 0. The Morgan fingerprint density at radius 2 is 2.13 bits per heavy atom. The fourth-order valence-electron chi connectivity index (χ4n) is 1.25. The molecule has 1 N–H and O–H groups in total. The highest BCUT2D eigenvalue weighted by molar-refractivity contribution is 8.00. The van der Waals surface area contributed by atoms with Gasteiger partial charge in [0, 0.05) is 11.4 Å². The van der Waals surface area contributed by atoms with Crippen LogP contribution in [0.3, 0.4) is 0 Å². The first-order chi connectivity index (χ1) is 7.13. The van der Waals surface area contributed by atoms with Crippen molar-refractivity contribution >= 4 is 17.7 Å². The summed E-state index contributed by atoms with van der Waals surface area (Å²) >= 11 is 1.60. The molecule has 0 saturated heterocycles. The van der Waals surface area contributed by atoms with Crippen LogP contribution in [0, 0.1) is 13.8 Å². The van der Waals surface area contributed by atoms with Crippen LogP contribution in [0.4, 0.5) is 0 Å². The zero-order valence-corrected chi connectivity index (χ0v) is 10.3. The fraction of sp³-hybridized carbons (Fsp3) is 0.417. The molecule has 0 bridgehead atoms. The highest BCUT2D eigenvalue weighted by atomic mass is 32.2. The van der Waals surface area contributed by atoms with Crippen molar-refractivity contribution in [1.29, 1.82) is 0 Å². The average Bonchev–Trinajstić information content (AvgIpc) is 2.20. The van der Waals surface area contributed by atoms with Crippen LogP contribution in [0.2, 0.25) is 0 Å². The summed E-state index contributed by atoms with van der Waals surface area (Å²) < 4.78 is 0. The number of hydrogen-bond donors (Lipinski definition) is 1. The number of hydrogen-bond acceptors (Lipinski definition) is 2. The molecule has 15 heavy (non-hydrogen) atoms. The zero-order valence-electron chi connectivity index (χ0n) is 9.46. The number of thioether (sulfide) groups is 1. The lowest BCUT2D eigenvalue weighted by Crippen LogP contribution is -2.24.